The highest BCUT2D eigenvalue weighted by Crippen LogP contribution is 2.27. The summed E-state index contributed by atoms with van der Waals surface area (Å²) in [5.74, 6) is -0.000569. The first kappa shape index (κ1) is 22.0. The van der Waals surface area contributed by atoms with Gasteiger partial charge in [-0.3, -0.25) is 9.69 Å². The van der Waals surface area contributed by atoms with Gasteiger partial charge in [-0.15, -0.1) is 0 Å². The number of amides is 1. The SMILES string of the molecule is COc1ccc(C(=O)N(c2ccc(F)cc2)C2CCN(Cc3ccc(F)cc3)CC2)cc1. The van der Waals surface area contributed by atoms with Gasteiger partial charge in [0.2, 0.25) is 0 Å². The third kappa shape index (κ3) is 5.14. The number of anilines is 1. The van der Waals surface area contributed by atoms with E-state index in [4.69, 9.17) is 4.74 Å². The van der Waals surface area contributed by atoms with E-state index in [-0.39, 0.29) is 23.6 Å². The molecule has 166 valence electrons. The van der Waals surface area contributed by atoms with E-state index in [9.17, 15) is 13.6 Å². The summed E-state index contributed by atoms with van der Waals surface area (Å²) in [6.07, 6.45) is 1.58. The summed E-state index contributed by atoms with van der Waals surface area (Å²) in [4.78, 5) is 17.6. The molecular weight excluding hydrogens is 410 g/mol. The number of benzene rings is 3. The monoisotopic (exact) mass is 436 g/mol. The van der Waals surface area contributed by atoms with Crippen LogP contribution in [0.15, 0.2) is 72.8 Å². The van der Waals surface area contributed by atoms with E-state index in [1.165, 1.54) is 24.3 Å². The first-order valence-corrected chi connectivity index (χ1v) is 10.7. The molecule has 32 heavy (non-hydrogen) atoms. The van der Waals surface area contributed by atoms with Crippen molar-refractivity contribution in [3.8, 4) is 5.75 Å². The van der Waals surface area contributed by atoms with Crippen LogP contribution in [0.5, 0.6) is 5.75 Å². The third-order valence-corrected chi connectivity index (χ3v) is 5.90. The number of nitrogens with zero attached hydrogens (tertiary/aromatic N) is 2. The van der Waals surface area contributed by atoms with Gasteiger partial charge in [-0.25, -0.2) is 8.78 Å². The molecule has 3 aromatic rings. The van der Waals surface area contributed by atoms with Crippen LogP contribution in [0.3, 0.4) is 0 Å². The van der Waals surface area contributed by atoms with Crippen LogP contribution < -0.4 is 9.64 Å². The minimum absolute atomic E-state index is 0.000435. The van der Waals surface area contributed by atoms with Crippen molar-refractivity contribution in [3.05, 3.63) is 95.6 Å². The highest BCUT2D eigenvalue weighted by molar-refractivity contribution is 6.06. The number of likely N-dealkylation sites (tertiary alicyclic amines) is 1. The maximum Gasteiger partial charge on any atom is 0.258 e. The molecule has 6 heteroatoms. The van der Waals surface area contributed by atoms with Crippen LogP contribution in [-0.4, -0.2) is 37.0 Å². The van der Waals surface area contributed by atoms with Gasteiger partial charge in [-0.2, -0.15) is 0 Å². The van der Waals surface area contributed by atoms with Gasteiger partial charge in [-0.05, 0) is 79.1 Å². The standard InChI is InChI=1S/C26H26F2N2O2/c1-32-25-12-4-20(5-13-25)26(31)30(23-10-8-22(28)9-11-23)24-14-16-29(17-15-24)18-19-2-6-21(27)7-3-19/h2-13,24H,14-18H2,1H3. The van der Waals surface area contributed by atoms with Gasteiger partial charge in [0.25, 0.3) is 5.91 Å². The second kappa shape index (κ2) is 9.92. The van der Waals surface area contributed by atoms with Crippen LogP contribution >= 0.6 is 0 Å². The molecular formula is C26H26F2N2O2. The summed E-state index contributed by atoms with van der Waals surface area (Å²) in [5, 5.41) is 0. The molecule has 0 aromatic heterocycles. The summed E-state index contributed by atoms with van der Waals surface area (Å²) in [6, 6.07) is 19.7. The lowest BCUT2D eigenvalue weighted by Crippen LogP contribution is -2.47. The molecule has 0 radical (unpaired) electrons. The average Bonchev–Trinajstić information content (AvgIpc) is 2.83. The van der Waals surface area contributed by atoms with Crippen LogP contribution in [-0.2, 0) is 6.54 Å². The first-order valence-electron chi connectivity index (χ1n) is 10.7. The number of hydrogen-bond donors (Lipinski definition) is 0. The Kier molecular flexibility index (Phi) is 6.81. The molecule has 1 amide bonds. The van der Waals surface area contributed by atoms with Crippen molar-refractivity contribution >= 4 is 11.6 Å². The summed E-state index contributed by atoms with van der Waals surface area (Å²) >= 11 is 0. The van der Waals surface area contributed by atoms with Gasteiger partial charge in [0.1, 0.15) is 17.4 Å². The molecule has 1 heterocycles. The number of methoxy groups -OCH3 is 1. The van der Waals surface area contributed by atoms with Gasteiger partial charge in [-0.1, -0.05) is 12.1 Å². The number of carbonyl (C=O) groups is 1. The molecule has 0 unspecified atom stereocenters. The Morgan fingerprint density at radius 2 is 1.47 bits per heavy atom. The lowest BCUT2D eigenvalue weighted by Gasteiger charge is -2.38. The molecule has 0 spiro atoms. The van der Waals surface area contributed by atoms with Crippen molar-refractivity contribution < 1.29 is 18.3 Å². The van der Waals surface area contributed by atoms with Crippen LogP contribution in [0.25, 0.3) is 0 Å². The number of halogens is 2. The molecule has 0 atom stereocenters. The largest absolute Gasteiger partial charge is 0.497 e. The third-order valence-electron chi connectivity index (χ3n) is 5.90. The number of carbonyl (C=O) groups excluding carboxylic acids is 1. The van der Waals surface area contributed by atoms with E-state index in [2.05, 4.69) is 4.90 Å². The lowest BCUT2D eigenvalue weighted by atomic mass is 10.00. The fourth-order valence-corrected chi connectivity index (χ4v) is 4.15. The van der Waals surface area contributed by atoms with E-state index in [1.54, 1.807) is 60.5 Å². The normalized spacial score (nSPS) is 14.8. The van der Waals surface area contributed by atoms with E-state index >= 15 is 0 Å². The Hall–Kier alpha value is -3.25. The van der Waals surface area contributed by atoms with Crippen molar-refractivity contribution in [2.75, 3.05) is 25.1 Å². The molecule has 4 nitrogen and oxygen atoms in total. The second-order valence-electron chi connectivity index (χ2n) is 8.01. The van der Waals surface area contributed by atoms with Crippen LogP contribution in [0.2, 0.25) is 0 Å². The zero-order chi connectivity index (χ0) is 22.5. The quantitative estimate of drug-likeness (QED) is 0.527. The minimum atomic E-state index is -0.334. The molecule has 4 rings (SSSR count). The fraction of sp³-hybridized carbons (Fsp3) is 0.269. The Morgan fingerprint density at radius 1 is 0.906 bits per heavy atom. The van der Waals surface area contributed by atoms with Crippen molar-refractivity contribution in [3.63, 3.8) is 0 Å². The van der Waals surface area contributed by atoms with Crippen LogP contribution in [0.4, 0.5) is 14.5 Å². The summed E-state index contributed by atoms with van der Waals surface area (Å²) < 4.78 is 31.9. The van der Waals surface area contributed by atoms with E-state index in [1.807, 2.05) is 0 Å². The van der Waals surface area contributed by atoms with Crippen molar-refractivity contribution in [2.45, 2.75) is 25.4 Å². The Balaban J connectivity index is 1.50. The van der Waals surface area contributed by atoms with Crippen LogP contribution in [0, 0.1) is 11.6 Å². The maximum atomic E-state index is 13.5. The molecule has 1 fully saturated rings. The molecule has 0 saturated carbocycles. The number of piperidine rings is 1. The Labute approximate surface area is 187 Å². The van der Waals surface area contributed by atoms with E-state index in [0.29, 0.717) is 17.0 Å². The molecule has 1 aliphatic heterocycles. The summed E-state index contributed by atoms with van der Waals surface area (Å²) in [6.45, 7) is 2.38. The van der Waals surface area contributed by atoms with Crippen LogP contribution in [0.1, 0.15) is 28.8 Å². The summed E-state index contributed by atoms with van der Waals surface area (Å²) in [7, 11) is 1.58. The fourth-order valence-electron chi connectivity index (χ4n) is 4.15. The number of hydrogen-bond acceptors (Lipinski definition) is 3. The van der Waals surface area contributed by atoms with Crippen molar-refractivity contribution in [1.82, 2.24) is 4.90 Å². The van der Waals surface area contributed by atoms with E-state index in [0.717, 1.165) is 38.0 Å². The Bertz CT molecular complexity index is 1030. The summed E-state index contributed by atoms with van der Waals surface area (Å²) in [5.41, 5.74) is 2.31. The maximum absolute atomic E-state index is 13.5. The highest BCUT2D eigenvalue weighted by atomic mass is 19.1. The number of ether oxygens (including phenoxy) is 1. The molecule has 3 aromatic carbocycles. The molecule has 0 N–H and O–H groups in total. The molecule has 1 aliphatic rings. The predicted octanol–water partition coefficient (Wildman–Crippen LogP) is 5.28. The molecule has 0 aliphatic carbocycles. The Morgan fingerprint density at radius 3 is 2.03 bits per heavy atom. The zero-order valence-corrected chi connectivity index (χ0v) is 18.0. The molecule has 0 bridgehead atoms. The molecule has 1 saturated heterocycles. The van der Waals surface area contributed by atoms with Gasteiger partial charge in [0, 0.05) is 36.9 Å². The van der Waals surface area contributed by atoms with Gasteiger partial charge < -0.3 is 9.64 Å². The van der Waals surface area contributed by atoms with Crippen molar-refractivity contribution in [2.24, 2.45) is 0 Å². The van der Waals surface area contributed by atoms with E-state index < -0.39 is 0 Å². The average molecular weight is 437 g/mol. The van der Waals surface area contributed by atoms with Gasteiger partial charge in [0.05, 0.1) is 7.11 Å². The van der Waals surface area contributed by atoms with Gasteiger partial charge in [0.15, 0.2) is 0 Å². The highest BCUT2D eigenvalue weighted by Gasteiger charge is 2.30. The number of rotatable bonds is 6. The second-order valence-corrected chi connectivity index (χ2v) is 8.01. The lowest BCUT2D eigenvalue weighted by molar-refractivity contribution is 0.0958. The smallest absolute Gasteiger partial charge is 0.258 e. The van der Waals surface area contributed by atoms with Crippen molar-refractivity contribution in [1.29, 1.82) is 0 Å². The topological polar surface area (TPSA) is 32.8 Å². The predicted molar refractivity (Wildman–Crippen MR) is 121 cm³/mol. The van der Waals surface area contributed by atoms with Gasteiger partial charge >= 0.3 is 0 Å². The first-order chi connectivity index (χ1) is 15.5. The zero-order valence-electron chi connectivity index (χ0n) is 18.0. The minimum Gasteiger partial charge on any atom is -0.497 e.